The van der Waals surface area contributed by atoms with Crippen LogP contribution < -0.4 is 10.6 Å². The van der Waals surface area contributed by atoms with E-state index in [-0.39, 0.29) is 12.5 Å². The number of amides is 1. The van der Waals surface area contributed by atoms with Gasteiger partial charge in [-0.1, -0.05) is 13.8 Å². The number of hydrogen-bond donors (Lipinski definition) is 2. The van der Waals surface area contributed by atoms with Crippen molar-refractivity contribution < 1.29 is 18.3 Å². The van der Waals surface area contributed by atoms with Crippen molar-refractivity contribution in [3.63, 3.8) is 0 Å². The van der Waals surface area contributed by atoms with Crippen LogP contribution in [-0.4, -0.2) is 36.7 Å². The normalized spacial score (nSPS) is 13.8. The van der Waals surface area contributed by atoms with Gasteiger partial charge >= 0.3 is 6.09 Å². The minimum absolute atomic E-state index is 0.162. The molecule has 0 spiro atoms. The highest BCUT2D eigenvalue weighted by molar-refractivity contribution is 5.68. The first kappa shape index (κ1) is 17.1. The Hall–Kier alpha value is -0.910. The number of rotatable bonds is 6. The van der Waals surface area contributed by atoms with Crippen molar-refractivity contribution >= 4 is 6.09 Å². The fraction of sp³-hybridized carbons (Fsp3) is 0.917. The Balaban J connectivity index is 4.15. The van der Waals surface area contributed by atoms with Crippen LogP contribution in [0.15, 0.2) is 0 Å². The molecule has 18 heavy (non-hydrogen) atoms. The Morgan fingerprint density at radius 2 is 1.83 bits per heavy atom. The summed E-state index contributed by atoms with van der Waals surface area (Å²) in [4.78, 5) is 11.4. The molecular formula is C12H24F2N2O2. The molecule has 0 fully saturated rings. The quantitative estimate of drug-likeness (QED) is 0.776. The van der Waals surface area contributed by atoms with Crippen LogP contribution in [0.1, 0.15) is 41.0 Å². The lowest BCUT2D eigenvalue weighted by Crippen LogP contribution is -2.44. The molecule has 0 aliphatic rings. The lowest BCUT2D eigenvalue weighted by molar-refractivity contribution is 0.0364. The van der Waals surface area contributed by atoms with Crippen LogP contribution in [0, 0.1) is 0 Å². The molecule has 0 aliphatic heterocycles. The molecule has 0 bridgehead atoms. The van der Waals surface area contributed by atoms with E-state index >= 15 is 0 Å². The zero-order valence-electron chi connectivity index (χ0n) is 11.7. The first-order chi connectivity index (χ1) is 8.11. The molecule has 1 atom stereocenters. The smallest absolute Gasteiger partial charge is 0.408 e. The number of ether oxygens (including phenoxy) is 1. The van der Waals surface area contributed by atoms with Gasteiger partial charge in [0.2, 0.25) is 0 Å². The molecule has 2 N–H and O–H groups in total. The average molecular weight is 266 g/mol. The summed E-state index contributed by atoms with van der Waals surface area (Å²) >= 11 is 0. The Morgan fingerprint density at radius 1 is 1.28 bits per heavy atom. The molecule has 0 aromatic heterocycles. The average Bonchev–Trinajstić information content (AvgIpc) is 2.12. The summed E-state index contributed by atoms with van der Waals surface area (Å²) in [5, 5.41) is 5.22. The van der Waals surface area contributed by atoms with Crippen LogP contribution in [0.2, 0.25) is 0 Å². The molecule has 0 rings (SSSR count). The molecule has 108 valence electrons. The van der Waals surface area contributed by atoms with Gasteiger partial charge in [0.05, 0.1) is 6.04 Å². The summed E-state index contributed by atoms with van der Waals surface area (Å²) < 4.78 is 30.4. The Morgan fingerprint density at radius 3 is 2.22 bits per heavy atom. The van der Waals surface area contributed by atoms with Crippen LogP contribution in [0.4, 0.5) is 13.6 Å². The van der Waals surface area contributed by atoms with Crippen molar-refractivity contribution in [3.8, 4) is 0 Å². The van der Waals surface area contributed by atoms with Crippen molar-refractivity contribution in [2.75, 3.05) is 6.54 Å². The predicted molar refractivity (Wildman–Crippen MR) is 66.9 cm³/mol. The number of nitrogens with one attached hydrogen (secondary N) is 2. The molecule has 1 amide bonds. The molecule has 0 aromatic rings. The van der Waals surface area contributed by atoms with E-state index in [0.29, 0.717) is 6.54 Å². The molecule has 4 nitrogen and oxygen atoms in total. The van der Waals surface area contributed by atoms with E-state index in [9.17, 15) is 13.6 Å². The number of alkyl carbamates (subject to hydrolysis) is 1. The van der Waals surface area contributed by atoms with Gasteiger partial charge in [0.1, 0.15) is 5.60 Å². The molecule has 0 aliphatic carbocycles. The molecule has 0 aromatic carbocycles. The largest absolute Gasteiger partial charge is 0.444 e. The van der Waals surface area contributed by atoms with E-state index in [1.807, 2.05) is 13.8 Å². The highest BCUT2D eigenvalue weighted by Gasteiger charge is 2.25. The fourth-order valence-electron chi connectivity index (χ4n) is 1.25. The summed E-state index contributed by atoms with van der Waals surface area (Å²) in [6.07, 6.45) is -3.25. The van der Waals surface area contributed by atoms with Crippen LogP contribution in [0.5, 0.6) is 0 Å². The lowest BCUT2D eigenvalue weighted by Gasteiger charge is -2.23. The van der Waals surface area contributed by atoms with Crippen LogP contribution in [0.25, 0.3) is 0 Å². The summed E-state index contributed by atoms with van der Waals surface area (Å²) in [6.45, 7) is 9.33. The third kappa shape index (κ3) is 9.15. The molecule has 6 heteroatoms. The maximum atomic E-state index is 12.7. The topological polar surface area (TPSA) is 50.4 Å². The number of carbonyl (C=O) groups excluding carboxylic acids is 1. The predicted octanol–water partition coefficient (Wildman–Crippen LogP) is 2.53. The summed E-state index contributed by atoms with van der Waals surface area (Å²) in [6, 6.07) is -0.962. The second kappa shape index (κ2) is 7.51. The summed E-state index contributed by atoms with van der Waals surface area (Å²) in [7, 11) is 0. The Bertz CT molecular complexity index is 253. The third-order valence-corrected chi connectivity index (χ3v) is 2.01. The number of carbonyl (C=O) groups is 1. The van der Waals surface area contributed by atoms with Gasteiger partial charge in [-0.3, -0.25) is 0 Å². The summed E-state index contributed by atoms with van der Waals surface area (Å²) in [5.41, 5.74) is -0.688. The van der Waals surface area contributed by atoms with E-state index in [2.05, 4.69) is 10.6 Å². The summed E-state index contributed by atoms with van der Waals surface area (Å²) in [5.74, 6) is 0. The van der Waals surface area contributed by atoms with Gasteiger partial charge in [0, 0.05) is 6.04 Å². The second-order valence-electron chi connectivity index (χ2n) is 5.48. The van der Waals surface area contributed by atoms with Gasteiger partial charge in [0.15, 0.2) is 0 Å². The number of hydrogen-bond acceptors (Lipinski definition) is 3. The Kier molecular flexibility index (Phi) is 7.13. The third-order valence-electron chi connectivity index (χ3n) is 2.01. The van der Waals surface area contributed by atoms with E-state index in [1.54, 1.807) is 20.8 Å². The maximum absolute atomic E-state index is 12.7. The number of halogens is 2. The molecular weight excluding hydrogens is 242 g/mol. The zero-order chi connectivity index (χ0) is 14.3. The fourth-order valence-corrected chi connectivity index (χ4v) is 1.25. The van der Waals surface area contributed by atoms with E-state index in [4.69, 9.17) is 4.74 Å². The SMILES string of the molecule is CC(C)NCCC(NC(=O)OC(C)(C)C)C(F)F. The van der Waals surface area contributed by atoms with Crippen LogP contribution >= 0.6 is 0 Å². The molecule has 0 saturated carbocycles. The second-order valence-corrected chi connectivity index (χ2v) is 5.48. The van der Waals surface area contributed by atoms with Gasteiger partial charge in [-0.15, -0.1) is 0 Å². The number of alkyl halides is 2. The van der Waals surface area contributed by atoms with Crippen LogP contribution in [-0.2, 0) is 4.74 Å². The first-order valence-electron chi connectivity index (χ1n) is 6.13. The van der Waals surface area contributed by atoms with Crippen molar-refractivity contribution in [1.29, 1.82) is 0 Å². The highest BCUT2D eigenvalue weighted by Crippen LogP contribution is 2.09. The lowest BCUT2D eigenvalue weighted by atomic mass is 10.2. The van der Waals surface area contributed by atoms with E-state index in [1.165, 1.54) is 0 Å². The van der Waals surface area contributed by atoms with Crippen molar-refractivity contribution in [1.82, 2.24) is 10.6 Å². The van der Waals surface area contributed by atoms with Crippen molar-refractivity contribution in [2.45, 2.75) is 65.1 Å². The van der Waals surface area contributed by atoms with Gasteiger partial charge in [-0.25, -0.2) is 13.6 Å². The maximum Gasteiger partial charge on any atom is 0.408 e. The first-order valence-corrected chi connectivity index (χ1v) is 6.13. The highest BCUT2D eigenvalue weighted by atomic mass is 19.3. The van der Waals surface area contributed by atoms with Gasteiger partial charge in [-0.2, -0.15) is 0 Å². The molecule has 1 unspecified atom stereocenters. The Labute approximate surface area is 107 Å². The molecule has 0 radical (unpaired) electrons. The molecule has 0 heterocycles. The van der Waals surface area contributed by atoms with Crippen LogP contribution in [0.3, 0.4) is 0 Å². The molecule has 0 saturated heterocycles. The standard InChI is InChI=1S/C12H24F2N2O2/c1-8(2)15-7-6-9(10(13)14)16-11(17)18-12(3,4)5/h8-10,15H,6-7H2,1-5H3,(H,16,17). The van der Waals surface area contributed by atoms with Gasteiger partial charge in [0.25, 0.3) is 6.43 Å². The van der Waals surface area contributed by atoms with Gasteiger partial charge in [-0.05, 0) is 33.7 Å². The van der Waals surface area contributed by atoms with Gasteiger partial charge < -0.3 is 15.4 Å². The monoisotopic (exact) mass is 266 g/mol. The minimum atomic E-state index is -2.61. The minimum Gasteiger partial charge on any atom is -0.444 e. The van der Waals surface area contributed by atoms with E-state index < -0.39 is 24.2 Å². The zero-order valence-corrected chi connectivity index (χ0v) is 11.7. The van der Waals surface area contributed by atoms with E-state index in [0.717, 1.165) is 0 Å². The van der Waals surface area contributed by atoms with Crippen molar-refractivity contribution in [2.24, 2.45) is 0 Å². The van der Waals surface area contributed by atoms with Crippen molar-refractivity contribution in [3.05, 3.63) is 0 Å².